The van der Waals surface area contributed by atoms with Crippen LogP contribution in [0.1, 0.15) is 10.7 Å². The quantitative estimate of drug-likeness (QED) is 0.669. The van der Waals surface area contributed by atoms with Gasteiger partial charge in [0.1, 0.15) is 5.75 Å². The highest BCUT2D eigenvalue weighted by atomic mass is 32.2. The third-order valence-corrected chi connectivity index (χ3v) is 5.07. The molecule has 2 heterocycles. The van der Waals surface area contributed by atoms with Gasteiger partial charge in [0.2, 0.25) is 0 Å². The Balaban J connectivity index is 1.76. The molecule has 1 aromatic carbocycles. The SMILES string of the molecule is COc1ccc(-c2nnc(SCc3csc(C)n3)n2C)cc1. The Morgan fingerprint density at radius 1 is 1.23 bits per heavy atom. The van der Waals surface area contributed by atoms with Crippen molar-refractivity contribution in [2.24, 2.45) is 7.05 Å². The summed E-state index contributed by atoms with van der Waals surface area (Å²) in [6, 6.07) is 7.83. The molecule has 5 nitrogen and oxygen atoms in total. The van der Waals surface area contributed by atoms with E-state index < -0.39 is 0 Å². The zero-order chi connectivity index (χ0) is 15.5. The van der Waals surface area contributed by atoms with E-state index in [1.54, 1.807) is 30.2 Å². The molecular weight excluding hydrogens is 316 g/mol. The molecule has 2 aromatic heterocycles. The molecule has 0 amide bonds. The molecule has 7 heteroatoms. The molecule has 3 rings (SSSR count). The summed E-state index contributed by atoms with van der Waals surface area (Å²) in [6.45, 7) is 2.02. The lowest BCUT2D eigenvalue weighted by molar-refractivity contribution is 0.415. The van der Waals surface area contributed by atoms with Crippen LogP contribution in [0.3, 0.4) is 0 Å². The first-order valence-corrected chi connectivity index (χ1v) is 8.61. The topological polar surface area (TPSA) is 52.8 Å². The van der Waals surface area contributed by atoms with Crippen molar-refractivity contribution in [1.29, 1.82) is 0 Å². The summed E-state index contributed by atoms with van der Waals surface area (Å²) >= 11 is 3.32. The van der Waals surface area contributed by atoms with Gasteiger partial charge in [0.25, 0.3) is 0 Å². The average molecular weight is 332 g/mol. The zero-order valence-electron chi connectivity index (χ0n) is 12.6. The number of benzene rings is 1. The van der Waals surface area contributed by atoms with Crippen LogP contribution in [0, 0.1) is 6.92 Å². The van der Waals surface area contributed by atoms with Crippen molar-refractivity contribution in [2.75, 3.05) is 7.11 Å². The highest BCUT2D eigenvalue weighted by Gasteiger charge is 2.12. The van der Waals surface area contributed by atoms with Gasteiger partial charge >= 0.3 is 0 Å². The Kier molecular flexibility index (Phi) is 4.44. The summed E-state index contributed by atoms with van der Waals surface area (Å²) in [6.07, 6.45) is 0. The zero-order valence-corrected chi connectivity index (χ0v) is 14.2. The minimum atomic E-state index is 0.804. The second-order valence-corrected chi connectivity index (χ2v) is 6.74. The molecule has 0 aliphatic heterocycles. The lowest BCUT2D eigenvalue weighted by atomic mass is 10.2. The van der Waals surface area contributed by atoms with E-state index in [-0.39, 0.29) is 0 Å². The number of aromatic nitrogens is 4. The minimum Gasteiger partial charge on any atom is -0.497 e. The molecule has 0 unspecified atom stereocenters. The van der Waals surface area contributed by atoms with Crippen molar-refractivity contribution < 1.29 is 4.74 Å². The van der Waals surface area contributed by atoms with E-state index in [1.165, 1.54) is 0 Å². The second kappa shape index (κ2) is 6.50. The second-order valence-electron chi connectivity index (χ2n) is 4.74. The predicted molar refractivity (Wildman–Crippen MR) is 89.4 cm³/mol. The van der Waals surface area contributed by atoms with Crippen molar-refractivity contribution in [2.45, 2.75) is 17.8 Å². The van der Waals surface area contributed by atoms with Crippen LogP contribution in [0.4, 0.5) is 0 Å². The Morgan fingerprint density at radius 2 is 2.00 bits per heavy atom. The van der Waals surface area contributed by atoms with Gasteiger partial charge in [-0.2, -0.15) is 0 Å². The van der Waals surface area contributed by atoms with Crippen LogP contribution in [0.15, 0.2) is 34.8 Å². The summed E-state index contributed by atoms with van der Waals surface area (Å²) in [4.78, 5) is 4.47. The Labute approximate surface area is 137 Å². The van der Waals surface area contributed by atoms with Crippen molar-refractivity contribution in [3.05, 3.63) is 40.3 Å². The highest BCUT2D eigenvalue weighted by molar-refractivity contribution is 7.98. The molecule has 0 aliphatic carbocycles. The van der Waals surface area contributed by atoms with Crippen LogP contribution in [-0.4, -0.2) is 26.9 Å². The van der Waals surface area contributed by atoms with Gasteiger partial charge in [-0.3, -0.25) is 0 Å². The third-order valence-electron chi connectivity index (χ3n) is 3.20. The summed E-state index contributed by atoms with van der Waals surface area (Å²) in [7, 11) is 3.64. The van der Waals surface area contributed by atoms with Crippen molar-refractivity contribution in [3.8, 4) is 17.1 Å². The van der Waals surface area contributed by atoms with Crippen LogP contribution < -0.4 is 4.74 Å². The molecule has 0 N–H and O–H groups in total. The molecule has 0 bridgehead atoms. The van der Waals surface area contributed by atoms with E-state index in [0.29, 0.717) is 0 Å². The number of ether oxygens (including phenoxy) is 1. The van der Waals surface area contributed by atoms with Crippen molar-refractivity contribution in [1.82, 2.24) is 19.7 Å². The fraction of sp³-hybridized carbons (Fsp3) is 0.267. The largest absolute Gasteiger partial charge is 0.497 e. The van der Waals surface area contributed by atoms with Gasteiger partial charge in [-0.1, -0.05) is 11.8 Å². The van der Waals surface area contributed by atoms with Crippen LogP contribution in [0.2, 0.25) is 0 Å². The highest BCUT2D eigenvalue weighted by Crippen LogP contribution is 2.26. The lowest BCUT2D eigenvalue weighted by Gasteiger charge is -2.04. The Hall–Kier alpha value is -1.86. The molecule has 0 spiro atoms. The maximum absolute atomic E-state index is 5.18. The number of rotatable bonds is 5. The number of aryl methyl sites for hydroxylation is 1. The number of thioether (sulfide) groups is 1. The molecular formula is C15H16N4OS2. The maximum Gasteiger partial charge on any atom is 0.191 e. The van der Waals surface area contributed by atoms with Crippen LogP contribution in [0.25, 0.3) is 11.4 Å². The monoisotopic (exact) mass is 332 g/mol. The number of thiazole rings is 1. The Morgan fingerprint density at radius 3 is 2.64 bits per heavy atom. The van der Waals surface area contributed by atoms with Crippen LogP contribution >= 0.6 is 23.1 Å². The van der Waals surface area contributed by atoms with E-state index in [0.717, 1.165) is 38.7 Å². The minimum absolute atomic E-state index is 0.804. The standard InChI is InChI=1S/C15H16N4OS2/c1-10-16-12(8-21-10)9-22-15-18-17-14(19(15)2)11-4-6-13(20-3)7-5-11/h4-8H,9H2,1-3H3. The smallest absolute Gasteiger partial charge is 0.191 e. The number of nitrogens with zero attached hydrogens (tertiary/aromatic N) is 4. The molecule has 22 heavy (non-hydrogen) atoms. The van der Waals surface area contributed by atoms with Crippen molar-refractivity contribution >= 4 is 23.1 Å². The first-order valence-electron chi connectivity index (χ1n) is 6.75. The van der Waals surface area contributed by atoms with Gasteiger partial charge < -0.3 is 9.30 Å². The van der Waals surface area contributed by atoms with Gasteiger partial charge in [0.05, 0.1) is 17.8 Å². The summed E-state index contributed by atoms with van der Waals surface area (Å²) in [5, 5.41) is 12.6. The van der Waals surface area contributed by atoms with E-state index >= 15 is 0 Å². The average Bonchev–Trinajstić information content (AvgIpc) is 3.11. The van der Waals surface area contributed by atoms with Gasteiger partial charge in [0.15, 0.2) is 11.0 Å². The van der Waals surface area contributed by atoms with E-state index in [2.05, 4.69) is 20.6 Å². The molecule has 0 saturated carbocycles. The molecule has 0 aliphatic rings. The van der Waals surface area contributed by atoms with Crippen LogP contribution in [0.5, 0.6) is 5.75 Å². The van der Waals surface area contributed by atoms with Gasteiger partial charge in [-0.05, 0) is 31.2 Å². The predicted octanol–water partition coefficient (Wildman–Crippen LogP) is 3.55. The molecule has 0 saturated heterocycles. The number of hydrogen-bond acceptors (Lipinski definition) is 6. The van der Waals surface area contributed by atoms with Gasteiger partial charge in [0, 0.05) is 23.7 Å². The molecule has 0 radical (unpaired) electrons. The third kappa shape index (κ3) is 3.15. The fourth-order valence-corrected chi connectivity index (χ4v) is 3.57. The number of methoxy groups -OCH3 is 1. The molecule has 0 fully saturated rings. The summed E-state index contributed by atoms with van der Waals surface area (Å²) in [5.41, 5.74) is 2.11. The summed E-state index contributed by atoms with van der Waals surface area (Å²) in [5.74, 6) is 2.48. The van der Waals surface area contributed by atoms with E-state index in [4.69, 9.17) is 4.74 Å². The first kappa shape index (κ1) is 15.1. The van der Waals surface area contributed by atoms with E-state index in [1.807, 2.05) is 42.8 Å². The Bertz CT molecular complexity index is 764. The van der Waals surface area contributed by atoms with Crippen molar-refractivity contribution in [3.63, 3.8) is 0 Å². The normalized spacial score (nSPS) is 10.9. The first-order chi connectivity index (χ1) is 10.7. The fourth-order valence-electron chi connectivity index (χ4n) is 2.05. The summed E-state index contributed by atoms with van der Waals surface area (Å²) < 4.78 is 7.18. The lowest BCUT2D eigenvalue weighted by Crippen LogP contribution is -1.95. The van der Waals surface area contributed by atoms with E-state index in [9.17, 15) is 0 Å². The maximum atomic E-state index is 5.18. The van der Waals surface area contributed by atoms with Gasteiger partial charge in [-0.15, -0.1) is 21.5 Å². The van der Waals surface area contributed by atoms with Gasteiger partial charge in [-0.25, -0.2) is 4.98 Å². The number of hydrogen-bond donors (Lipinski definition) is 0. The van der Waals surface area contributed by atoms with Crippen LogP contribution in [-0.2, 0) is 12.8 Å². The molecule has 114 valence electrons. The molecule has 0 atom stereocenters. The molecule has 3 aromatic rings.